The van der Waals surface area contributed by atoms with E-state index >= 15 is 0 Å². The van der Waals surface area contributed by atoms with Gasteiger partial charge in [-0.25, -0.2) is 4.79 Å². The molecule has 0 aromatic heterocycles. The number of carbonyl (C=O) groups is 2. The minimum absolute atomic E-state index is 0.225. The number of carbonyl (C=O) groups excluding carboxylic acids is 2. The molecule has 1 saturated heterocycles. The van der Waals surface area contributed by atoms with E-state index in [0.29, 0.717) is 26.3 Å². The van der Waals surface area contributed by atoms with Crippen LogP contribution in [0.3, 0.4) is 0 Å². The summed E-state index contributed by atoms with van der Waals surface area (Å²) in [4.78, 5) is 24.4. The van der Waals surface area contributed by atoms with Crippen molar-refractivity contribution in [3.63, 3.8) is 0 Å². The molecule has 1 unspecified atom stereocenters. The topological polar surface area (TPSA) is 81.9 Å². The first-order chi connectivity index (χ1) is 7.16. The van der Waals surface area contributed by atoms with Gasteiger partial charge in [0.15, 0.2) is 6.04 Å². The van der Waals surface area contributed by atoms with Gasteiger partial charge in [-0.1, -0.05) is 0 Å². The van der Waals surface area contributed by atoms with Crippen molar-refractivity contribution < 1.29 is 19.1 Å². The molecule has 6 heteroatoms. The molecule has 1 atom stereocenters. The van der Waals surface area contributed by atoms with Crippen LogP contribution < -0.4 is 5.73 Å². The van der Waals surface area contributed by atoms with Crippen molar-refractivity contribution in [3.05, 3.63) is 0 Å². The SMILES string of the molecule is CCOC(=O)C(N)C(=O)N1CCOCC1. The molecule has 0 spiro atoms. The van der Waals surface area contributed by atoms with Crippen molar-refractivity contribution in [3.8, 4) is 0 Å². The maximum atomic E-state index is 11.7. The van der Waals surface area contributed by atoms with Crippen LogP contribution >= 0.6 is 0 Å². The lowest BCUT2D eigenvalue weighted by Gasteiger charge is -2.28. The number of hydrogen-bond acceptors (Lipinski definition) is 5. The Kier molecular flexibility index (Phi) is 4.51. The smallest absolute Gasteiger partial charge is 0.332 e. The van der Waals surface area contributed by atoms with Gasteiger partial charge >= 0.3 is 5.97 Å². The summed E-state index contributed by atoms with van der Waals surface area (Å²) in [6, 6.07) is -1.21. The summed E-state index contributed by atoms with van der Waals surface area (Å²) < 4.78 is 9.76. The molecule has 86 valence electrons. The number of nitrogens with zero attached hydrogens (tertiary/aromatic N) is 1. The second-order valence-electron chi connectivity index (χ2n) is 3.17. The maximum absolute atomic E-state index is 11.7. The molecule has 0 saturated carbocycles. The Balaban J connectivity index is 2.47. The number of amides is 1. The summed E-state index contributed by atoms with van der Waals surface area (Å²) in [5.41, 5.74) is 5.47. The highest BCUT2D eigenvalue weighted by Gasteiger charge is 2.29. The number of ether oxygens (including phenoxy) is 2. The second-order valence-corrected chi connectivity index (χ2v) is 3.17. The van der Waals surface area contributed by atoms with Gasteiger partial charge in [0, 0.05) is 13.1 Å². The van der Waals surface area contributed by atoms with Gasteiger partial charge in [0.25, 0.3) is 5.91 Å². The lowest BCUT2D eigenvalue weighted by Crippen LogP contribution is -2.52. The number of hydrogen-bond donors (Lipinski definition) is 1. The molecule has 1 fully saturated rings. The van der Waals surface area contributed by atoms with E-state index in [1.807, 2.05) is 0 Å². The predicted molar refractivity (Wildman–Crippen MR) is 52.0 cm³/mol. The molecule has 0 aromatic rings. The van der Waals surface area contributed by atoms with Gasteiger partial charge in [-0.3, -0.25) is 4.79 Å². The van der Waals surface area contributed by atoms with Crippen LogP contribution in [0.25, 0.3) is 0 Å². The first-order valence-corrected chi connectivity index (χ1v) is 4.95. The van der Waals surface area contributed by atoms with Crippen molar-refractivity contribution in [1.82, 2.24) is 4.90 Å². The van der Waals surface area contributed by atoms with Crippen molar-refractivity contribution >= 4 is 11.9 Å². The molecular formula is C9H16N2O4. The van der Waals surface area contributed by atoms with E-state index in [1.165, 1.54) is 4.90 Å². The van der Waals surface area contributed by atoms with Crippen molar-refractivity contribution in [2.75, 3.05) is 32.9 Å². The zero-order chi connectivity index (χ0) is 11.3. The summed E-state index contributed by atoms with van der Waals surface area (Å²) >= 11 is 0. The molecule has 6 nitrogen and oxygen atoms in total. The normalized spacial score (nSPS) is 18.4. The molecule has 1 heterocycles. The van der Waals surface area contributed by atoms with Crippen LogP contribution in [0.15, 0.2) is 0 Å². The summed E-state index contributed by atoms with van der Waals surface area (Å²) in [5.74, 6) is -1.06. The average molecular weight is 216 g/mol. The Bertz CT molecular complexity index is 238. The van der Waals surface area contributed by atoms with Gasteiger partial charge in [0.1, 0.15) is 0 Å². The quantitative estimate of drug-likeness (QED) is 0.470. The fourth-order valence-corrected chi connectivity index (χ4v) is 1.31. The molecule has 15 heavy (non-hydrogen) atoms. The molecule has 0 aromatic carbocycles. The van der Waals surface area contributed by atoms with Crippen LogP contribution in [0.1, 0.15) is 6.92 Å². The van der Waals surface area contributed by atoms with E-state index in [4.69, 9.17) is 10.5 Å². The van der Waals surface area contributed by atoms with E-state index in [9.17, 15) is 9.59 Å². The molecule has 1 rings (SSSR count). The zero-order valence-electron chi connectivity index (χ0n) is 8.77. The Labute approximate surface area is 88.3 Å². The Morgan fingerprint density at radius 3 is 2.60 bits per heavy atom. The van der Waals surface area contributed by atoms with Gasteiger partial charge < -0.3 is 20.1 Å². The molecule has 1 amide bonds. The zero-order valence-corrected chi connectivity index (χ0v) is 8.77. The Hall–Kier alpha value is -1.14. The Morgan fingerprint density at radius 1 is 1.47 bits per heavy atom. The molecule has 1 aliphatic rings. The van der Waals surface area contributed by atoms with Crippen molar-refractivity contribution in [1.29, 1.82) is 0 Å². The second kappa shape index (κ2) is 5.67. The minimum Gasteiger partial charge on any atom is -0.464 e. The van der Waals surface area contributed by atoms with Crippen LogP contribution in [-0.4, -0.2) is 55.7 Å². The Morgan fingerprint density at radius 2 is 2.07 bits per heavy atom. The summed E-state index contributed by atoms with van der Waals surface area (Å²) in [7, 11) is 0. The third-order valence-electron chi connectivity index (χ3n) is 2.13. The monoisotopic (exact) mass is 216 g/mol. The van der Waals surface area contributed by atoms with Crippen LogP contribution in [0.4, 0.5) is 0 Å². The molecule has 1 aliphatic heterocycles. The van der Waals surface area contributed by atoms with E-state index in [1.54, 1.807) is 6.92 Å². The summed E-state index contributed by atoms with van der Waals surface area (Å²) in [6.45, 7) is 3.83. The van der Waals surface area contributed by atoms with Gasteiger partial charge in [-0.15, -0.1) is 0 Å². The average Bonchev–Trinajstić information content (AvgIpc) is 2.28. The summed E-state index contributed by atoms with van der Waals surface area (Å²) in [6.07, 6.45) is 0. The third kappa shape index (κ3) is 3.17. The van der Waals surface area contributed by atoms with Crippen molar-refractivity contribution in [2.45, 2.75) is 13.0 Å². The number of nitrogens with two attached hydrogens (primary N) is 1. The molecule has 0 aliphatic carbocycles. The van der Waals surface area contributed by atoms with Crippen LogP contribution in [0, 0.1) is 0 Å². The van der Waals surface area contributed by atoms with Gasteiger partial charge in [0.2, 0.25) is 0 Å². The molecule has 2 N–H and O–H groups in total. The first-order valence-electron chi connectivity index (χ1n) is 4.95. The fraction of sp³-hybridized carbons (Fsp3) is 0.778. The van der Waals surface area contributed by atoms with E-state index in [2.05, 4.69) is 4.74 Å². The van der Waals surface area contributed by atoms with Crippen LogP contribution in [0.2, 0.25) is 0 Å². The van der Waals surface area contributed by atoms with Crippen LogP contribution in [-0.2, 0) is 19.1 Å². The first kappa shape index (κ1) is 11.9. The predicted octanol–water partition coefficient (Wildman–Crippen LogP) is -1.26. The lowest BCUT2D eigenvalue weighted by atomic mass is 10.2. The molecule has 0 bridgehead atoms. The maximum Gasteiger partial charge on any atom is 0.332 e. The van der Waals surface area contributed by atoms with Crippen molar-refractivity contribution in [2.24, 2.45) is 5.73 Å². The fourth-order valence-electron chi connectivity index (χ4n) is 1.31. The van der Waals surface area contributed by atoms with E-state index in [0.717, 1.165) is 0 Å². The minimum atomic E-state index is -1.21. The number of rotatable bonds is 3. The highest BCUT2D eigenvalue weighted by Crippen LogP contribution is 2.00. The summed E-state index contributed by atoms with van der Waals surface area (Å²) in [5, 5.41) is 0. The molecular weight excluding hydrogens is 200 g/mol. The number of morpholine rings is 1. The van der Waals surface area contributed by atoms with Gasteiger partial charge in [-0.2, -0.15) is 0 Å². The van der Waals surface area contributed by atoms with E-state index in [-0.39, 0.29) is 6.61 Å². The van der Waals surface area contributed by atoms with Gasteiger partial charge in [0.05, 0.1) is 19.8 Å². The van der Waals surface area contributed by atoms with Gasteiger partial charge in [-0.05, 0) is 6.92 Å². The molecule has 0 radical (unpaired) electrons. The third-order valence-corrected chi connectivity index (χ3v) is 2.13. The highest BCUT2D eigenvalue weighted by molar-refractivity contribution is 6.01. The van der Waals surface area contributed by atoms with Crippen LogP contribution in [0.5, 0.6) is 0 Å². The van der Waals surface area contributed by atoms with E-state index < -0.39 is 17.9 Å². The largest absolute Gasteiger partial charge is 0.464 e. The lowest BCUT2D eigenvalue weighted by molar-refractivity contribution is -0.152. The standard InChI is InChI=1S/C9H16N2O4/c1-2-15-9(13)7(10)8(12)11-3-5-14-6-4-11/h7H,2-6,10H2,1H3. The highest BCUT2D eigenvalue weighted by atomic mass is 16.5. The number of esters is 1.